The highest BCUT2D eigenvalue weighted by Gasteiger charge is 2.12. The maximum atomic E-state index is 12.6. The Labute approximate surface area is 179 Å². The van der Waals surface area contributed by atoms with E-state index in [0.29, 0.717) is 29.4 Å². The zero-order valence-electron chi connectivity index (χ0n) is 17.7. The molecular formula is C23H26N2O4S. The number of nitrogens with zero attached hydrogens (tertiary/aromatic N) is 2. The van der Waals surface area contributed by atoms with Crippen LogP contribution in [0.1, 0.15) is 41.3 Å². The standard InChI is InChI=1S/C23H26N2O4S/c1-15(2)17-7-5-16(6-8-17)13-21(26)24-23-25(11-12-28-3)19-10-9-18(22(27)29-4)14-20(19)30-23/h5-10,14-15H,11-13H2,1-4H3. The van der Waals surface area contributed by atoms with Crippen LogP contribution in [0.4, 0.5) is 0 Å². The molecule has 1 aromatic heterocycles. The number of rotatable bonds is 7. The summed E-state index contributed by atoms with van der Waals surface area (Å²) < 4.78 is 12.8. The lowest BCUT2D eigenvalue weighted by Gasteiger charge is -2.06. The summed E-state index contributed by atoms with van der Waals surface area (Å²) >= 11 is 1.37. The molecule has 3 rings (SSSR count). The minimum absolute atomic E-state index is 0.210. The lowest BCUT2D eigenvalue weighted by atomic mass is 10.0. The molecule has 0 atom stereocenters. The summed E-state index contributed by atoms with van der Waals surface area (Å²) in [5.41, 5.74) is 3.54. The number of benzene rings is 2. The third-order valence-corrected chi connectivity index (χ3v) is 5.89. The Kier molecular flexibility index (Phi) is 7.18. The summed E-state index contributed by atoms with van der Waals surface area (Å²) in [7, 11) is 2.99. The maximum Gasteiger partial charge on any atom is 0.337 e. The highest BCUT2D eigenvalue weighted by Crippen LogP contribution is 2.20. The van der Waals surface area contributed by atoms with Gasteiger partial charge in [-0.3, -0.25) is 4.79 Å². The van der Waals surface area contributed by atoms with Gasteiger partial charge in [0.2, 0.25) is 0 Å². The maximum absolute atomic E-state index is 12.6. The van der Waals surface area contributed by atoms with Crippen LogP contribution < -0.4 is 4.80 Å². The number of carbonyl (C=O) groups is 2. The van der Waals surface area contributed by atoms with Gasteiger partial charge in [-0.15, -0.1) is 0 Å². The molecule has 7 heteroatoms. The van der Waals surface area contributed by atoms with Crippen LogP contribution in [0.15, 0.2) is 47.5 Å². The number of amides is 1. The summed E-state index contributed by atoms with van der Waals surface area (Å²) in [6.07, 6.45) is 0.240. The third-order valence-electron chi connectivity index (χ3n) is 4.84. The molecule has 6 nitrogen and oxygen atoms in total. The predicted octanol–water partition coefficient (Wildman–Crippen LogP) is 3.93. The summed E-state index contributed by atoms with van der Waals surface area (Å²) in [6.45, 7) is 5.33. The number of hydrogen-bond donors (Lipinski definition) is 0. The Morgan fingerprint density at radius 2 is 1.83 bits per heavy atom. The largest absolute Gasteiger partial charge is 0.465 e. The van der Waals surface area contributed by atoms with Crippen LogP contribution in [0.25, 0.3) is 10.2 Å². The zero-order valence-corrected chi connectivity index (χ0v) is 18.5. The van der Waals surface area contributed by atoms with E-state index in [4.69, 9.17) is 9.47 Å². The van der Waals surface area contributed by atoms with Gasteiger partial charge in [-0.2, -0.15) is 4.99 Å². The summed E-state index contributed by atoms with van der Waals surface area (Å²) in [6, 6.07) is 13.4. The van der Waals surface area contributed by atoms with E-state index in [2.05, 4.69) is 31.0 Å². The lowest BCUT2D eigenvalue weighted by molar-refractivity contribution is -0.117. The number of methoxy groups -OCH3 is 2. The van der Waals surface area contributed by atoms with Crippen molar-refractivity contribution in [2.45, 2.75) is 32.7 Å². The van der Waals surface area contributed by atoms with Gasteiger partial charge in [-0.05, 0) is 35.2 Å². The highest BCUT2D eigenvalue weighted by molar-refractivity contribution is 7.16. The summed E-state index contributed by atoms with van der Waals surface area (Å²) in [4.78, 5) is 29.5. The van der Waals surface area contributed by atoms with E-state index in [1.54, 1.807) is 19.2 Å². The minimum Gasteiger partial charge on any atom is -0.465 e. The van der Waals surface area contributed by atoms with Gasteiger partial charge in [0.15, 0.2) is 4.80 Å². The topological polar surface area (TPSA) is 69.9 Å². The number of carbonyl (C=O) groups excluding carboxylic acids is 2. The molecule has 0 bridgehead atoms. The van der Waals surface area contributed by atoms with Crippen molar-refractivity contribution < 1.29 is 19.1 Å². The molecule has 0 saturated heterocycles. The Hall–Kier alpha value is -2.77. The minimum atomic E-state index is -0.395. The lowest BCUT2D eigenvalue weighted by Crippen LogP contribution is -2.19. The van der Waals surface area contributed by atoms with Crippen molar-refractivity contribution >= 4 is 33.4 Å². The molecule has 0 radical (unpaired) electrons. The average Bonchev–Trinajstić information content (AvgIpc) is 3.07. The fourth-order valence-electron chi connectivity index (χ4n) is 3.14. The first kappa shape index (κ1) is 21.9. The van der Waals surface area contributed by atoms with Crippen LogP contribution in [0.3, 0.4) is 0 Å². The first-order chi connectivity index (χ1) is 14.4. The fourth-order valence-corrected chi connectivity index (χ4v) is 4.26. The number of aromatic nitrogens is 1. The summed E-state index contributed by atoms with van der Waals surface area (Å²) in [5, 5.41) is 0. The van der Waals surface area contributed by atoms with Crippen molar-refractivity contribution in [2.24, 2.45) is 4.99 Å². The van der Waals surface area contributed by atoms with E-state index in [1.807, 2.05) is 22.8 Å². The van der Waals surface area contributed by atoms with Crippen LogP contribution >= 0.6 is 11.3 Å². The third kappa shape index (κ3) is 5.04. The van der Waals surface area contributed by atoms with Crippen molar-refractivity contribution in [1.82, 2.24) is 4.57 Å². The number of esters is 1. The van der Waals surface area contributed by atoms with E-state index >= 15 is 0 Å². The SMILES string of the molecule is COCCn1c(=NC(=O)Cc2ccc(C(C)C)cc2)sc2cc(C(=O)OC)ccc21. The van der Waals surface area contributed by atoms with Gasteiger partial charge in [-0.1, -0.05) is 49.4 Å². The van der Waals surface area contributed by atoms with Crippen LogP contribution in [-0.4, -0.2) is 37.3 Å². The van der Waals surface area contributed by atoms with Gasteiger partial charge in [0, 0.05) is 13.7 Å². The Morgan fingerprint density at radius 1 is 1.10 bits per heavy atom. The smallest absolute Gasteiger partial charge is 0.337 e. The molecule has 158 valence electrons. The van der Waals surface area contributed by atoms with Gasteiger partial charge in [-0.25, -0.2) is 4.79 Å². The second kappa shape index (κ2) is 9.82. The first-order valence-corrected chi connectivity index (χ1v) is 10.6. The zero-order chi connectivity index (χ0) is 21.7. The van der Waals surface area contributed by atoms with Crippen LogP contribution in [0.5, 0.6) is 0 Å². The van der Waals surface area contributed by atoms with E-state index in [9.17, 15) is 9.59 Å². The molecule has 0 aliphatic carbocycles. The first-order valence-electron chi connectivity index (χ1n) is 9.80. The fraction of sp³-hybridized carbons (Fsp3) is 0.348. The van der Waals surface area contributed by atoms with Crippen molar-refractivity contribution in [3.05, 3.63) is 64.0 Å². The molecule has 1 heterocycles. The molecule has 0 aliphatic heterocycles. The molecule has 0 spiro atoms. The van der Waals surface area contributed by atoms with Crippen molar-refractivity contribution in [3.63, 3.8) is 0 Å². The molecule has 0 saturated carbocycles. The van der Waals surface area contributed by atoms with E-state index in [1.165, 1.54) is 24.0 Å². The van der Waals surface area contributed by atoms with E-state index in [0.717, 1.165) is 15.8 Å². The van der Waals surface area contributed by atoms with Crippen LogP contribution in [-0.2, 0) is 27.2 Å². The second-order valence-corrected chi connectivity index (χ2v) is 8.29. The molecule has 3 aromatic rings. The summed E-state index contributed by atoms with van der Waals surface area (Å²) in [5.74, 6) is -0.154. The molecule has 1 amide bonds. The quantitative estimate of drug-likeness (QED) is 0.537. The predicted molar refractivity (Wildman–Crippen MR) is 118 cm³/mol. The molecule has 0 unspecified atom stereocenters. The van der Waals surface area contributed by atoms with E-state index in [-0.39, 0.29) is 12.3 Å². The highest BCUT2D eigenvalue weighted by atomic mass is 32.1. The molecule has 0 N–H and O–H groups in total. The molecule has 0 fully saturated rings. The van der Waals surface area contributed by atoms with Crippen molar-refractivity contribution in [3.8, 4) is 0 Å². The normalized spacial score (nSPS) is 12.0. The van der Waals surface area contributed by atoms with E-state index < -0.39 is 5.97 Å². The monoisotopic (exact) mass is 426 g/mol. The van der Waals surface area contributed by atoms with Crippen molar-refractivity contribution in [2.75, 3.05) is 20.8 Å². The number of thiazole rings is 1. The Bertz CT molecular complexity index is 1110. The Morgan fingerprint density at radius 3 is 2.47 bits per heavy atom. The average molecular weight is 427 g/mol. The van der Waals surface area contributed by atoms with Gasteiger partial charge >= 0.3 is 5.97 Å². The number of ether oxygens (including phenoxy) is 2. The Balaban J connectivity index is 1.94. The van der Waals surface area contributed by atoms with Gasteiger partial charge in [0.1, 0.15) is 0 Å². The number of hydrogen-bond acceptors (Lipinski definition) is 5. The van der Waals surface area contributed by atoms with Crippen LogP contribution in [0, 0.1) is 0 Å². The second-order valence-electron chi connectivity index (χ2n) is 7.28. The van der Waals surface area contributed by atoms with Gasteiger partial charge < -0.3 is 14.0 Å². The van der Waals surface area contributed by atoms with Crippen molar-refractivity contribution in [1.29, 1.82) is 0 Å². The van der Waals surface area contributed by atoms with Crippen LogP contribution in [0.2, 0.25) is 0 Å². The molecule has 2 aromatic carbocycles. The van der Waals surface area contributed by atoms with Gasteiger partial charge in [0.25, 0.3) is 5.91 Å². The van der Waals surface area contributed by atoms with Gasteiger partial charge in [0.05, 0.1) is 35.9 Å². The molecule has 0 aliphatic rings. The number of fused-ring (bicyclic) bond motifs is 1. The molecular weight excluding hydrogens is 400 g/mol. The molecule has 30 heavy (non-hydrogen) atoms.